The number of carbonyl (C=O) groups is 4. The Labute approximate surface area is 211 Å². The zero-order chi connectivity index (χ0) is 26.4. The average Bonchev–Trinajstić information content (AvgIpc) is 3.19. The van der Waals surface area contributed by atoms with Crippen molar-refractivity contribution in [1.82, 2.24) is 20.3 Å². The molecule has 2 aromatic heterocycles. The fourth-order valence-electron chi connectivity index (χ4n) is 3.99. The second-order valence-corrected chi connectivity index (χ2v) is 8.68. The number of fused-ring (bicyclic) bond motifs is 1. The normalized spacial score (nSPS) is 13.2. The van der Waals surface area contributed by atoms with Crippen molar-refractivity contribution >= 4 is 34.7 Å². The Bertz CT molecular complexity index is 1380. The van der Waals surface area contributed by atoms with E-state index in [0.29, 0.717) is 41.9 Å². The van der Waals surface area contributed by atoms with Crippen LogP contribution in [0.2, 0.25) is 0 Å². The minimum absolute atomic E-state index is 0.0616. The Balaban J connectivity index is 1.19. The summed E-state index contributed by atoms with van der Waals surface area (Å²) in [5.74, 6) is -2.15. The second kappa shape index (κ2) is 11.5. The summed E-state index contributed by atoms with van der Waals surface area (Å²) in [7, 11) is 0. The third kappa shape index (κ3) is 6.37. The number of rotatable bonds is 10. The molecule has 3 N–H and O–H groups in total. The van der Waals surface area contributed by atoms with Crippen molar-refractivity contribution in [1.29, 1.82) is 0 Å². The minimum atomic E-state index is -0.625. The van der Waals surface area contributed by atoms with Gasteiger partial charge in [-0.1, -0.05) is 30.7 Å². The third-order valence-corrected chi connectivity index (χ3v) is 5.93. The maximum absolute atomic E-state index is 12.3. The van der Waals surface area contributed by atoms with E-state index in [1.54, 1.807) is 12.3 Å². The summed E-state index contributed by atoms with van der Waals surface area (Å²) in [5.41, 5.74) is 2.79. The number of amides is 3. The highest BCUT2D eigenvalue weighted by molar-refractivity contribution is 6.01. The molecule has 3 heterocycles. The van der Waals surface area contributed by atoms with Crippen molar-refractivity contribution in [2.45, 2.75) is 44.9 Å². The number of aromatic amines is 1. The zero-order valence-corrected chi connectivity index (χ0v) is 20.0. The van der Waals surface area contributed by atoms with Gasteiger partial charge in [-0.05, 0) is 30.0 Å². The van der Waals surface area contributed by atoms with Crippen LogP contribution in [0, 0.1) is 0 Å². The van der Waals surface area contributed by atoms with Crippen molar-refractivity contribution in [3.63, 3.8) is 0 Å². The first-order valence-corrected chi connectivity index (χ1v) is 12.0. The number of benzene rings is 1. The Morgan fingerprint density at radius 2 is 1.76 bits per heavy atom. The molecule has 4 rings (SSSR count). The number of hydrogen-bond acceptors (Lipinski definition) is 8. The molecule has 1 fully saturated rings. The van der Waals surface area contributed by atoms with Crippen LogP contribution in [0.4, 0.5) is 0 Å². The summed E-state index contributed by atoms with van der Waals surface area (Å²) >= 11 is 0. The van der Waals surface area contributed by atoms with Crippen LogP contribution in [-0.4, -0.2) is 50.4 Å². The number of aromatic nitrogens is 2. The Morgan fingerprint density at radius 1 is 1.03 bits per heavy atom. The van der Waals surface area contributed by atoms with Crippen LogP contribution in [0.3, 0.4) is 0 Å². The zero-order valence-electron chi connectivity index (χ0n) is 20.0. The molecule has 0 spiro atoms. The third-order valence-electron chi connectivity index (χ3n) is 5.93. The largest absolute Gasteiger partial charge is 0.503 e. The maximum atomic E-state index is 12.3. The molecule has 3 aromatic rings. The Kier molecular flexibility index (Phi) is 7.92. The number of H-pyrrole nitrogens is 1. The summed E-state index contributed by atoms with van der Waals surface area (Å²) < 4.78 is 0. The second-order valence-electron chi connectivity index (χ2n) is 8.68. The van der Waals surface area contributed by atoms with Gasteiger partial charge in [0, 0.05) is 43.6 Å². The van der Waals surface area contributed by atoms with Gasteiger partial charge in [-0.3, -0.25) is 24.2 Å². The first-order valence-electron chi connectivity index (χ1n) is 12.0. The molecule has 1 aliphatic heterocycles. The van der Waals surface area contributed by atoms with Crippen molar-refractivity contribution in [2.24, 2.45) is 0 Å². The SMILES string of the molecule is O=C(Cc1ccc(-c2ccnc3cc(O)c(=O)[nH]c23)cc1)NCCCCCC(=O)ON1C(=O)CCC1=O. The number of nitrogens with zero attached hydrogens (tertiary/aromatic N) is 2. The number of hydroxylamine groups is 2. The molecular weight excluding hydrogens is 480 g/mol. The molecule has 0 atom stereocenters. The van der Waals surface area contributed by atoms with Crippen LogP contribution in [0.5, 0.6) is 5.75 Å². The molecule has 3 amide bonds. The summed E-state index contributed by atoms with van der Waals surface area (Å²) in [6, 6.07) is 10.5. The fraction of sp³-hybridized carbons (Fsp3) is 0.308. The molecule has 1 aliphatic rings. The first kappa shape index (κ1) is 25.5. The predicted molar refractivity (Wildman–Crippen MR) is 132 cm³/mol. The van der Waals surface area contributed by atoms with Crippen molar-refractivity contribution in [3.05, 3.63) is 58.5 Å². The molecule has 1 saturated heterocycles. The molecule has 0 aliphatic carbocycles. The number of carbonyl (C=O) groups excluding carboxylic acids is 4. The van der Waals surface area contributed by atoms with E-state index >= 15 is 0 Å². The van der Waals surface area contributed by atoms with E-state index < -0.39 is 29.1 Å². The highest BCUT2D eigenvalue weighted by atomic mass is 16.7. The molecule has 192 valence electrons. The Hall–Kier alpha value is -4.54. The van der Waals surface area contributed by atoms with Crippen LogP contribution < -0.4 is 10.9 Å². The molecule has 0 radical (unpaired) electrons. The van der Waals surface area contributed by atoms with Gasteiger partial charge in [-0.2, -0.15) is 0 Å². The number of unbranched alkanes of at least 4 members (excludes halogenated alkanes) is 2. The molecule has 11 heteroatoms. The van der Waals surface area contributed by atoms with E-state index in [9.17, 15) is 29.1 Å². The van der Waals surface area contributed by atoms with Gasteiger partial charge in [0.05, 0.1) is 17.5 Å². The summed E-state index contributed by atoms with van der Waals surface area (Å²) in [4.78, 5) is 70.4. The van der Waals surface area contributed by atoms with Crippen molar-refractivity contribution in [2.75, 3.05) is 6.54 Å². The highest BCUT2D eigenvalue weighted by Gasteiger charge is 2.32. The lowest BCUT2D eigenvalue weighted by Gasteiger charge is -2.12. The average molecular weight is 507 g/mol. The van der Waals surface area contributed by atoms with Gasteiger partial charge in [-0.15, -0.1) is 5.06 Å². The molecule has 37 heavy (non-hydrogen) atoms. The van der Waals surface area contributed by atoms with E-state index in [2.05, 4.69) is 15.3 Å². The van der Waals surface area contributed by atoms with Gasteiger partial charge in [0.2, 0.25) is 5.91 Å². The minimum Gasteiger partial charge on any atom is -0.503 e. The van der Waals surface area contributed by atoms with E-state index in [4.69, 9.17) is 4.84 Å². The van der Waals surface area contributed by atoms with Gasteiger partial charge >= 0.3 is 5.97 Å². The van der Waals surface area contributed by atoms with E-state index in [1.165, 1.54) is 6.07 Å². The van der Waals surface area contributed by atoms with E-state index in [-0.39, 0.29) is 31.6 Å². The van der Waals surface area contributed by atoms with Gasteiger partial charge in [0.15, 0.2) is 5.75 Å². The molecule has 0 bridgehead atoms. The van der Waals surface area contributed by atoms with Gasteiger partial charge in [-0.25, -0.2) is 4.79 Å². The number of imide groups is 1. The molecule has 11 nitrogen and oxygen atoms in total. The number of pyridine rings is 2. The van der Waals surface area contributed by atoms with E-state index in [1.807, 2.05) is 24.3 Å². The van der Waals surface area contributed by atoms with Crippen molar-refractivity contribution in [3.8, 4) is 16.9 Å². The number of hydrogen-bond donors (Lipinski definition) is 3. The standard InChI is InChI=1S/C26H26N4O7/c31-20-15-19-25(29-26(20)36)18(11-13-27-19)17-7-5-16(6-8-17)14-21(32)28-12-3-1-2-4-24(35)37-30-22(33)9-10-23(30)34/h5-8,11,13,15,31H,1-4,9-10,12,14H2,(H,28,32)(H,29,36). The maximum Gasteiger partial charge on any atom is 0.333 e. The van der Waals surface area contributed by atoms with Crippen LogP contribution >= 0.6 is 0 Å². The monoisotopic (exact) mass is 506 g/mol. The van der Waals surface area contributed by atoms with Crippen LogP contribution in [0.25, 0.3) is 22.2 Å². The van der Waals surface area contributed by atoms with Crippen LogP contribution in [0.1, 0.15) is 44.1 Å². The van der Waals surface area contributed by atoms with Crippen LogP contribution in [-0.2, 0) is 30.4 Å². The Morgan fingerprint density at radius 3 is 2.49 bits per heavy atom. The number of nitrogens with one attached hydrogen (secondary N) is 2. The fourth-order valence-corrected chi connectivity index (χ4v) is 3.99. The predicted octanol–water partition coefficient (Wildman–Crippen LogP) is 2.12. The van der Waals surface area contributed by atoms with E-state index in [0.717, 1.165) is 16.7 Å². The molecule has 1 aromatic carbocycles. The van der Waals surface area contributed by atoms with Gasteiger partial charge in [0.25, 0.3) is 17.4 Å². The summed E-state index contributed by atoms with van der Waals surface area (Å²) in [5, 5.41) is 13.0. The lowest BCUT2D eigenvalue weighted by atomic mass is 10.0. The smallest absolute Gasteiger partial charge is 0.333 e. The lowest BCUT2D eigenvalue weighted by Crippen LogP contribution is -2.32. The quantitative estimate of drug-likeness (QED) is 0.279. The molecular formula is C26H26N4O7. The van der Waals surface area contributed by atoms with Gasteiger partial charge < -0.3 is 20.2 Å². The summed E-state index contributed by atoms with van der Waals surface area (Å²) in [6.07, 6.45) is 3.85. The van der Waals surface area contributed by atoms with Crippen molar-refractivity contribution < 1.29 is 29.1 Å². The van der Waals surface area contributed by atoms with Crippen LogP contribution in [0.15, 0.2) is 47.4 Å². The lowest BCUT2D eigenvalue weighted by molar-refractivity contribution is -0.197. The first-order chi connectivity index (χ1) is 17.8. The highest BCUT2D eigenvalue weighted by Crippen LogP contribution is 2.26. The van der Waals surface area contributed by atoms with Gasteiger partial charge in [0.1, 0.15) is 0 Å². The number of aromatic hydroxyl groups is 1. The molecule has 0 saturated carbocycles. The molecule has 0 unspecified atom stereocenters. The topological polar surface area (TPSA) is 159 Å². The summed E-state index contributed by atoms with van der Waals surface area (Å²) in [6.45, 7) is 0.457.